The summed E-state index contributed by atoms with van der Waals surface area (Å²) in [7, 11) is 1.79. The lowest BCUT2D eigenvalue weighted by Crippen LogP contribution is -2.53. The van der Waals surface area contributed by atoms with Crippen LogP contribution < -0.4 is 15.4 Å². The highest BCUT2D eigenvalue weighted by molar-refractivity contribution is 14.0. The summed E-state index contributed by atoms with van der Waals surface area (Å²) < 4.78 is 5.78. The van der Waals surface area contributed by atoms with Crippen LogP contribution in [0.4, 0.5) is 0 Å². The molecule has 1 aliphatic heterocycles. The van der Waals surface area contributed by atoms with Gasteiger partial charge in [0, 0.05) is 63.8 Å². The highest BCUT2D eigenvalue weighted by Gasteiger charge is 2.19. The quantitative estimate of drug-likeness (QED) is 0.231. The normalized spacial score (nSPS) is 15.1. The molecule has 2 rings (SSSR count). The Bertz CT molecular complexity index is 634. The summed E-state index contributed by atoms with van der Waals surface area (Å²) in [5, 5.41) is 6.95. The van der Waals surface area contributed by atoms with Crippen molar-refractivity contribution in [3.05, 3.63) is 29.3 Å². The molecular weight excluding hydrogens is 505 g/mol. The molecule has 1 fully saturated rings. The molecule has 0 radical (unpaired) electrons. The minimum atomic E-state index is 0. The Balaban J connectivity index is 0.00000420. The summed E-state index contributed by atoms with van der Waals surface area (Å²) in [6.45, 7) is 10.4. The number of piperazine rings is 1. The number of rotatable bonds is 8. The van der Waals surface area contributed by atoms with Crippen LogP contribution >= 0.6 is 35.6 Å². The second-order valence-electron chi connectivity index (χ2n) is 7.05. The zero-order valence-corrected chi connectivity index (χ0v) is 20.6. The van der Waals surface area contributed by atoms with E-state index in [0.717, 1.165) is 44.4 Å². The first-order valence-corrected chi connectivity index (χ1v) is 10.2. The molecule has 1 aliphatic rings. The van der Waals surface area contributed by atoms with Crippen LogP contribution in [-0.4, -0.2) is 81.1 Å². The van der Waals surface area contributed by atoms with Crippen LogP contribution in [0.2, 0.25) is 5.02 Å². The van der Waals surface area contributed by atoms with Gasteiger partial charge in [0.15, 0.2) is 5.96 Å². The van der Waals surface area contributed by atoms with E-state index in [2.05, 4.69) is 25.4 Å². The van der Waals surface area contributed by atoms with Gasteiger partial charge in [-0.25, -0.2) is 0 Å². The summed E-state index contributed by atoms with van der Waals surface area (Å²) in [5.74, 6) is 1.82. The molecular formula is C20H33ClIN5O2. The van der Waals surface area contributed by atoms with E-state index in [1.807, 2.05) is 38.1 Å². The highest BCUT2D eigenvalue weighted by atomic mass is 127. The fraction of sp³-hybridized carbons (Fsp3) is 0.600. The van der Waals surface area contributed by atoms with Crippen molar-refractivity contribution in [3.63, 3.8) is 0 Å². The van der Waals surface area contributed by atoms with E-state index in [4.69, 9.17) is 16.3 Å². The number of carbonyl (C=O) groups is 1. The van der Waals surface area contributed by atoms with Gasteiger partial charge in [-0.3, -0.25) is 14.7 Å². The molecule has 1 aromatic carbocycles. The Morgan fingerprint density at radius 1 is 1.14 bits per heavy atom. The lowest BCUT2D eigenvalue weighted by Gasteiger charge is -2.36. The minimum Gasteiger partial charge on any atom is -0.492 e. The molecule has 0 aliphatic carbocycles. The fourth-order valence-electron chi connectivity index (χ4n) is 2.90. The van der Waals surface area contributed by atoms with Crippen molar-refractivity contribution in [3.8, 4) is 5.75 Å². The maximum atomic E-state index is 11.6. The number of guanidine groups is 1. The van der Waals surface area contributed by atoms with Crippen LogP contribution in [0.5, 0.6) is 5.75 Å². The van der Waals surface area contributed by atoms with Crippen LogP contribution in [0.25, 0.3) is 0 Å². The molecule has 0 bridgehead atoms. The number of amides is 1. The van der Waals surface area contributed by atoms with Crippen molar-refractivity contribution in [1.29, 1.82) is 0 Å². The first kappa shape index (κ1) is 25.8. The first-order chi connectivity index (χ1) is 13.5. The zero-order chi connectivity index (χ0) is 20.4. The molecule has 9 heteroatoms. The van der Waals surface area contributed by atoms with Crippen molar-refractivity contribution >= 4 is 47.4 Å². The smallest absolute Gasteiger partial charge is 0.222 e. The third kappa shape index (κ3) is 9.39. The monoisotopic (exact) mass is 537 g/mol. The average molecular weight is 538 g/mol. The highest BCUT2D eigenvalue weighted by Crippen LogP contribution is 2.15. The number of aliphatic imine (C=N–C) groups is 1. The third-order valence-corrected chi connectivity index (χ3v) is 4.86. The predicted octanol–water partition coefficient (Wildman–Crippen LogP) is 2.30. The molecule has 1 heterocycles. The molecule has 7 nitrogen and oxygen atoms in total. The Labute approximate surface area is 196 Å². The second-order valence-corrected chi connectivity index (χ2v) is 7.49. The Morgan fingerprint density at radius 2 is 1.76 bits per heavy atom. The Hall–Kier alpha value is -1.26. The number of nitrogens with zero attached hydrogens (tertiary/aromatic N) is 3. The number of nitrogens with one attached hydrogen (secondary N) is 2. The second kappa shape index (κ2) is 13.9. The molecule has 0 atom stereocenters. The molecule has 29 heavy (non-hydrogen) atoms. The third-order valence-electron chi connectivity index (χ3n) is 4.61. The van der Waals surface area contributed by atoms with Crippen LogP contribution in [0, 0.1) is 5.92 Å². The van der Waals surface area contributed by atoms with Gasteiger partial charge in [-0.05, 0) is 24.3 Å². The van der Waals surface area contributed by atoms with Crippen LogP contribution in [0.1, 0.15) is 13.8 Å². The van der Waals surface area contributed by atoms with Gasteiger partial charge in [0.2, 0.25) is 5.91 Å². The number of ether oxygens (including phenoxy) is 1. The SMILES string of the molecule is CN=C(NCCNC(=O)C(C)C)N1CCN(CCOc2ccc(Cl)cc2)CC1.I. The zero-order valence-electron chi connectivity index (χ0n) is 17.5. The molecule has 0 saturated carbocycles. The van der Waals surface area contributed by atoms with Crippen molar-refractivity contribution in [2.24, 2.45) is 10.9 Å². The van der Waals surface area contributed by atoms with E-state index >= 15 is 0 Å². The fourth-order valence-corrected chi connectivity index (χ4v) is 3.03. The van der Waals surface area contributed by atoms with Crippen LogP contribution in [0.3, 0.4) is 0 Å². The number of hydrogen-bond acceptors (Lipinski definition) is 4. The maximum Gasteiger partial charge on any atom is 0.222 e. The van der Waals surface area contributed by atoms with Gasteiger partial charge in [-0.1, -0.05) is 25.4 Å². The lowest BCUT2D eigenvalue weighted by atomic mass is 10.2. The lowest BCUT2D eigenvalue weighted by molar-refractivity contribution is -0.123. The van der Waals surface area contributed by atoms with Gasteiger partial charge in [0.05, 0.1) is 0 Å². The van der Waals surface area contributed by atoms with Crippen molar-refractivity contribution < 1.29 is 9.53 Å². The van der Waals surface area contributed by atoms with Crippen molar-refractivity contribution in [2.75, 3.05) is 59.5 Å². The molecule has 0 aromatic heterocycles. The van der Waals surface area contributed by atoms with E-state index in [1.54, 1.807) is 7.05 Å². The predicted molar refractivity (Wildman–Crippen MR) is 130 cm³/mol. The Kier molecular flexibility index (Phi) is 12.3. The summed E-state index contributed by atoms with van der Waals surface area (Å²) in [5.41, 5.74) is 0. The van der Waals surface area contributed by atoms with E-state index in [0.29, 0.717) is 24.7 Å². The van der Waals surface area contributed by atoms with Gasteiger partial charge >= 0.3 is 0 Å². The first-order valence-electron chi connectivity index (χ1n) is 9.83. The number of hydrogen-bond donors (Lipinski definition) is 2. The van der Waals surface area contributed by atoms with Crippen molar-refractivity contribution in [2.45, 2.75) is 13.8 Å². The van der Waals surface area contributed by atoms with Gasteiger partial charge in [0.1, 0.15) is 12.4 Å². The van der Waals surface area contributed by atoms with Crippen LogP contribution in [0.15, 0.2) is 29.3 Å². The largest absolute Gasteiger partial charge is 0.492 e. The van der Waals surface area contributed by atoms with E-state index in [9.17, 15) is 4.79 Å². The topological polar surface area (TPSA) is 69.2 Å². The molecule has 1 amide bonds. The van der Waals surface area contributed by atoms with Gasteiger partial charge in [-0.2, -0.15) is 0 Å². The van der Waals surface area contributed by atoms with E-state index < -0.39 is 0 Å². The van der Waals surface area contributed by atoms with Gasteiger partial charge in [-0.15, -0.1) is 24.0 Å². The summed E-state index contributed by atoms with van der Waals surface area (Å²) in [4.78, 5) is 20.6. The van der Waals surface area contributed by atoms with Crippen LogP contribution in [-0.2, 0) is 4.79 Å². The standard InChI is InChI=1S/C20H32ClN5O2.HI/c1-16(2)19(27)23-8-9-24-20(22-3)26-12-10-25(11-13-26)14-15-28-18-6-4-17(21)5-7-18;/h4-7,16H,8-15H2,1-3H3,(H,22,24)(H,23,27);1H. The van der Waals surface area contributed by atoms with Gasteiger partial charge in [0.25, 0.3) is 0 Å². The maximum absolute atomic E-state index is 11.6. The Morgan fingerprint density at radius 3 is 2.34 bits per heavy atom. The molecule has 0 spiro atoms. The number of carbonyl (C=O) groups excluding carboxylic acids is 1. The summed E-state index contributed by atoms with van der Waals surface area (Å²) in [6.07, 6.45) is 0. The number of benzene rings is 1. The van der Waals surface area contributed by atoms with Gasteiger partial charge < -0.3 is 20.3 Å². The summed E-state index contributed by atoms with van der Waals surface area (Å²) in [6, 6.07) is 7.45. The van der Waals surface area contributed by atoms with Crippen molar-refractivity contribution in [1.82, 2.24) is 20.4 Å². The van der Waals surface area contributed by atoms with E-state index in [1.165, 1.54) is 0 Å². The molecule has 0 unspecified atom stereocenters. The molecule has 164 valence electrons. The molecule has 1 saturated heterocycles. The minimum absolute atomic E-state index is 0. The van der Waals surface area contributed by atoms with E-state index in [-0.39, 0.29) is 35.8 Å². The molecule has 1 aromatic rings. The summed E-state index contributed by atoms with van der Waals surface area (Å²) >= 11 is 5.88. The molecule has 2 N–H and O–H groups in total. The number of halogens is 2. The average Bonchev–Trinajstić information content (AvgIpc) is 2.70.